The van der Waals surface area contributed by atoms with E-state index < -0.39 is 0 Å². The summed E-state index contributed by atoms with van der Waals surface area (Å²) in [7, 11) is 0. The highest BCUT2D eigenvalue weighted by Crippen LogP contribution is 2.27. The molecular weight excluding hydrogens is 234 g/mol. The number of carbonyl (C=O) groups excluding carboxylic acids is 1. The summed E-state index contributed by atoms with van der Waals surface area (Å²) in [4.78, 5) is 14.5. The highest BCUT2D eigenvalue weighted by atomic mass is 16.2. The molecule has 0 spiro atoms. The van der Waals surface area contributed by atoms with Crippen molar-refractivity contribution in [1.29, 1.82) is 0 Å². The third kappa shape index (κ3) is 2.14. The molecule has 1 heterocycles. The van der Waals surface area contributed by atoms with Gasteiger partial charge in [0.15, 0.2) is 0 Å². The van der Waals surface area contributed by atoms with E-state index in [1.165, 1.54) is 11.1 Å². The predicted molar refractivity (Wildman–Crippen MR) is 76.0 cm³/mol. The second-order valence-electron chi connectivity index (χ2n) is 4.99. The zero-order chi connectivity index (χ0) is 13.2. The number of carbonyl (C=O) groups is 1. The summed E-state index contributed by atoms with van der Waals surface area (Å²) in [5.41, 5.74) is 3.22. The van der Waals surface area contributed by atoms with Gasteiger partial charge in [-0.3, -0.25) is 4.79 Å². The molecule has 0 aliphatic carbocycles. The molecule has 2 aromatic carbocycles. The zero-order valence-corrected chi connectivity index (χ0v) is 11.0. The number of nitrogens with zero attached hydrogens (tertiary/aromatic N) is 1. The molecule has 96 valence electrons. The van der Waals surface area contributed by atoms with Crippen molar-refractivity contribution in [2.45, 2.75) is 19.4 Å². The van der Waals surface area contributed by atoms with Crippen molar-refractivity contribution in [3.8, 4) is 0 Å². The Balaban J connectivity index is 1.90. The summed E-state index contributed by atoms with van der Waals surface area (Å²) in [6.07, 6.45) is 0.944. The van der Waals surface area contributed by atoms with E-state index in [2.05, 4.69) is 25.1 Å². The van der Waals surface area contributed by atoms with Crippen molar-refractivity contribution in [2.24, 2.45) is 0 Å². The Hall–Kier alpha value is -2.09. The third-order valence-electron chi connectivity index (χ3n) is 3.88. The molecule has 2 aromatic rings. The Kier molecular flexibility index (Phi) is 3.08. The van der Waals surface area contributed by atoms with E-state index in [0.717, 1.165) is 18.5 Å². The fraction of sp³-hybridized carbons (Fsp3) is 0.235. The molecule has 0 aromatic heterocycles. The Bertz CT molecular complexity index is 591. The third-order valence-corrected chi connectivity index (χ3v) is 3.88. The molecule has 0 N–H and O–H groups in total. The van der Waals surface area contributed by atoms with E-state index >= 15 is 0 Å². The average Bonchev–Trinajstić information content (AvgIpc) is 2.48. The van der Waals surface area contributed by atoms with Crippen molar-refractivity contribution >= 4 is 5.91 Å². The lowest BCUT2D eigenvalue weighted by atomic mass is 9.96. The number of hydrogen-bond acceptors (Lipinski definition) is 1. The minimum Gasteiger partial charge on any atom is -0.332 e. The maximum Gasteiger partial charge on any atom is 0.254 e. The molecule has 0 radical (unpaired) electrons. The second kappa shape index (κ2) is 4.88. The lowest BCUT2D eigenvalue weighted by Gasteiger charge is -2.33. The fourth-order valence-corrected chi connectivity index (χ4v) is 2.73. The number of fused-ring (bicyclic) bond motifs is 1. The molecule has 0 saturated carbocycles. The van der Waals surface area contributed by atoms with Crippen LogP contribution in [0, 0.1) is 0 Å². The predicted octanol–water partition coefficient (Wildman–Crippen LogP) is 3.45. The van der Waals surface area contributed by atoms with Gasteiger partial charge in [0.25, 0.3) is 5.91 Å². The van der Waals surface area contributed by atoms with Gasteiger partial charge in [0.05, 0.1) is 6.04 Å². The van der Waals surface area contributed by atoms with Gasteiger partial charge < -0.3 is 4.90 Å². The summed E-state index contributed by atoms with van der Waals surface area (Å²) < 4.78 is 0. The van der Waals surface area contributed by atoms with Crippen LogP contribution in [0.3, 0.4) is 0 Å². The first-order chi connectivity index (χ1) is 9.27. The minimum atomic E-state index is 0.127. The van der Waals surface area contributed by atoms with Gasteiger partial charge in [-0.15, -0.1) is 0 Å². The maximum atomic E-state index is 12.6. The molecule has 0 fully saturated rings. The van der Waals surface area contributed by atoms with Gasteiger partial charge in [0, 0.05) is 12.1 Å². The summed E-state index contributed by atoms with van der Waals surface area (Å²) in [6.45, 7) is 2.90. The van der Waals surface area contributed by atoms with Gasteiger partial charge >= 0.3 is 0 Å². The van der Waals surface area contributed by atoms with Gasteiger partial charge in [-0.25, -0.2) is 0 Å². The van der Waals surface area contributed by atoms with E-state index in [1.807, 2.05) is 41.3 Å². The van der Waals surface area contributed by atoms with Crippen LogP contribution in [0.2, 0.25) is 0 Å². The SMILES string of the molecule is CC(c1ccccc1)N1CCc2ccccc2C1=O. The molecule has 0 bridgehead atoms. The van der Waals surface area contributed by atoms with Crippen molar-refractivity contribution < 1.29 is 4.79 Å². The first-order valence-corrected chi connectivity index (χ1v) is 6.71. The molecule has 0 saturated heterocycles. The van der Waals surface area contributed by atoms with E-state index in [0.29, 0.717) is 0 Å². The van der Waals surface area contributed by atoms with Gasteiger partial charge in [-0.1, -0.05) is 48.5 Å². The molecule has 3 rings (SSSR count). The van der Waals surface area contributed by atoms with Crippen LogP contribution in [-0.2, 0) is 6.42 Å². The van der Waals surface area contributed by atoms with Crippen molar-refractivity contribution in [3.63, 3.8) is 0 Å². The van der Waals surface area contributed by atoms with Crippen molar-refractivity contribution in [1.82, 2.24) is 4.90 Å². The van der Waals surface area contributed by atoms with E-state index in [-0.39, 0.29) is 11.9 Å². The summed E-state index contributed by atoms with van der Waals surface area (Å²) in [5, 5.41) is 0. The van der Waals surface area contributed by atoms with Crippen LogP contribution in [0.5, 0.6) is 0 Å². The van der Waals surface area contributed by atoms with Gasteiger partial charge in [-0.2, -0.15) is 0 Å². The van der Waals surface area contributed by atoms with E-state index in [9.17, 15) is 4.79 Å². The van der Waals surface area contributed by atoms with Crippen LogP contribution in [-0.4, -0.2) is 17.4 Å². The highest BCUT2D eigenvalue weighted by molar-refractivity contribution is 5.97. The van der Waals surface area contributed by atoms with E-state index in [1.54, 1.807) is 0 Å². The van der Waals surface area contributed by atoms with Crippen LogP contribution in [0.4, 0.5) is 0 Å². The number of benzene rings is 2. The molecule has 1 aliphatic heterocycles. The maximum absolute atomic E-state index is 12.6. The monoisotopic (exact) mass is 251 g/mol. The largest absolute Gasteiger partial charge is 0.332 e. The summed E-state index contributed by atoms with van der Waals surface area (Å²) in [5.74, 6) is 0.151. The Morgan fingerprint density at radius 2 is 1.68 bits per heavy atom. The molecule has 1 atom stereocenters. The second-order valence-corrected chi connectivity index (χ2v) is 4.99. The van der Waals surface area contributed by atoms with Gasteiger partial charge in [-0.05, 0) is 30.5 Å². The standard InChI is InChI=1S/C17H17NO/c1-13(14-7-3-2-4-8-14)18-12-11-15-9-5-6-10-16(15)17(18)19/h2-10,13H,11-12H2,1H3. The molecule has 1 aliphatic rings. The Morgan fingerprint density at radius 3 is 2.47 bits per heavy atom. The molecule has 19 heavy (non-hydrogen) atoms. The van der Waals surface area contributed by atoms with Crippen molar-refractivity contribution in [3.05, 3.63) is 71.3 Å². The lowest BCUT2D eigenvalue weighted by Crippen LogP contribution is -2.39. The highest BCUT2D eigenvalue weighted by Gasteiger charge is 2.27. The lowest BCUT2D eigenvalue weighted by molar-refractivity contribution is 0.0673. The topological polar surface area (TPSA) is 20.3 Å². The van der Waals surface area contributed by atoms with Crippen LogP contribution in [0.1, 0.15) is 34.5 Å². The van der Waals surface area contributed by atoms with Crippen LogP contribution < -0.4 is 0 Å². The first kappa shape index (κ1) is 12.0. The molecule has 2 heteroatoms. The van der Waals surface area contributed by atoms with Crippen LogP contribution in [0.15, 0.2) is 54.6 Å². The molecular formula is C17H17NO. The Labute approximate surface area is 113 Å². The molecule has 1 amide bonds. The van der Waals surface area contributed by atoms with E-state index in [4.69, 9.17) is 0 Å². The first-order valence-electron chi connectivity index (χ1n) is 6.71. The van der Waals surface area contributed by atoms with Crippen LogP contribution >= 0.6 is 0 Å². The fourth-order valence-electron chi connectivity index (χ4n) is 2.73. The molecule has 1 unspecified atom stereocenters. The van der Waals surface area contributed by atoms with Crippen LogP contribution in [0.25, 0.3) is 0 Å². The van der Waals surface area contributed by atoms with Crippen molar-refractivity contribution in [2.75, 3.05) is 6.54 Å². The number of amides is 1. The smallest absolute Gasteiger partial charge is 0.254 e. The Morgan fingerprint density at radius 1 is 1.00 bits per heavy atom. The van der Waals surface area contributed by atoms with Gasteiger partial charge in [0.2, 0.25) is 0 Å². The quantitative estimate of drug-likeness (QED) is 0.800. The normalized spacial score (nSPS) is 16.1. The summed E-state index contributed by atoms with van der Waals surface area (Å²) in [6, 6.07) is 18.3. The average molecular weight is 251 g/mol. The number of rotatable bonds is 2. The zero-order valence-electron chi connectivity index (χ0n) is 11.0. The summed E-state index contributed by atoms with van der Waals surface area (Å²) >= 11 is 0. The van der Waals surface area contributed by atoms with Gasteiger partial charge in [0.1, 0.15) is 0 Å². The minimum absolute atomic E-state index is 0.127. The number of hydrogen-bond donors (Lipinski definition) is 0. The molecule has 2 nitrogen and oxygen atoms in total.